The average Bonchev–Trinajstić information content (AvgIpc) is 3.23. The number of rotatable bonds is 7. The normalized spacial score (nSPS) is 54.6. The number of carbonyl (C=O) groups is 1. The summed E-state index contributed by atoms with van der Waals surface area (Å²) in [5.41, 5.74) is -1.97. The number of aliphatic hydroxyl groups is 10. The first-order valence-corrected chi connectivity index (χ1v) is 23.7. The predicted octanol–water partition coefficient (Wildman–Crippen LogP) is 0.778. The van der Waals surface area contributed by atoms with Gasteiger partial charge in [-0.05, 0) is 104 Å². The molecule has 23 atom stereocenters. The Bertz CT molecular complexity index is 1760. The fourth-order valence-electron chi connectivity index (χ4n) is 14.8. The number of hydrogen-bond acceptors (Lipinski definition) is 17. The maximum Gasteiger partial charge on any atom is 0.315 e. The number of ether oxygens (including phenoxy) is 6. The van der Waals surface area contributed by atoms with Crippen molar-refractivity contribution in [3.05, 3.63) is 11.6 Å². The number of esters is 1. The van der Waals surface area contributed by atoms with Crippen LogP contribution in [-0.2, 0) is 33.2 Å². The van der Waals surface area contributed by atoms with Crippen LogP contribution in [0.2, 0.25) is 0 Å². The summed E-state index contributed by atoms with van der Waals surface area (Å²) in [6.45, 7) is 16.2. The van der Waals surface area contributed by atoms with Crippen LogP contribution in [0.25, 0.3) is 0 Å². The summed E-state index contributed by atoms with van der Waals surface area (Å²) < 4.78 is 35.9. The molecule has 8 aliphatic rings. The van der Waals surface area contributed by atoms with Crippen LogP contribution in [-0.4, -0.2) is 168 Å². The summed E-state index contributed by atoms with van der Waals surface area (Å²) in [5.74, 6) is -0.612. The lowest BCUT2D eigenvalue weighted by atomic mass is 9.33. The number of carbonyl (C=O) groups excluding carboxylic acids is 1. The lowest BCUT2D eigenvalue weighted by Crippen LogP contribution is -2.69. The first kappa shape index (κ1) is 49.0. The third-order valence-electron chi connectivity index (χ3n) is 18.9. The van der Waals surface area contributed by atoms with E-state index in [1.807, 2.05) is 0 Å². The molecular formula is C47H76O17. The van der Waals surface area contributed by atoms with Crippen LogP contribution in [0.4, 0.5) is 0 Å². The molecule has 3 heterocycles. The molecule has 0 aromatic heterocycles. The van der Waals surface area contributed by atoms with Crippen LogP contribution >= 0.6 is 0 Å². The zero-order chi connectivity index (χ0) is 46.9. The molecule has 5 aliphatic carbocycles. The highest BCUT2D eigenvalue weighted by molar-refractivity contribution is 5.79. The summed E-state index contributed by atoms with van der Waals surface area (Å²) in [4.78, 5) is 15.1. The van der Waals surface area contributed by atoms with Crippen molar-refractivity contribution < 1.29 is 84.3 Å². The van der Waals surface area contributed by atoms with E-state index < -0.39 is 121 Å². The molecule has 0 radical (unpaired) electrons. The van der Waals surface area contributed by atoms with Gasteiger partial charge in [0.25, 0.3) is 0 Å². The van der Waals surface area contributed by atoms with E-state index in [4.69, 9.17) is 28.4 Å². The Morgan fingerprint density at radius 2 is 1.38 bits per heavy atom. The molecule has 0 spiro atoms. The van der Waals surface area contributed by atoms with Crippen molar-refractivity contribution in [2.75, 3.05) is 13.2 Å². The van der Waals surface area contributed by atoms with Gasteiger partial charge in [-0.15, -0.1) is 0 Å². The number of allylic oxidation sites excluding steroid dienone is 1. The maximum atomic E-state index is 15.1. The molecule has 366 valence electrons. The number of aliphatic hydroxyl groups excluding tert-OH is 10. The highest BCUT2D eigenvalue weighted by Crippen LogP contribution is 2.76. The van der Waals surface area contributed by atoms with Crippen LogP contribution in [0, 0.1) is 50.2 Å². The van der Waals surface area contributed by atoms with E-state index in [0.717, 1.165) is 31.3 Å². The summed E-state index contributed by atoms with van der Waals surface area (Å²) in [6, 6.07) is 0. The SMILES string of the molecule is CC1OC(OC2C(OC(=O)C34CCC(C)(C)CC3C3=CCC5C6(C)CCC(OC7OC(CO)C(O)C(O)C7O)C(C)(C)C6CCC5(C)C3(C)C(O)C4)OCC(O)C2O)C(O)C(O)C1O. The molecule has 0 bridgehead atoms. The zero-order valence-corrected chi connectivity index (χ0v) is 38.7. The van der Waals surface area contributed by atoms with E-state index in [1.54, 1.807) is 0 Å². The molecule has 17 heteroatoms. The maximum absolute atomic E-state index is 15.1. The van der Waals surface area contributed by atoms with E-state index in [0.29, 0.717) is 25.7 Å². The topological polar surface area (TPSA) is 275 Å². The standard InChI is InChI=1S/C47H76O17/c1-21-30(51)33(54)35(56)38(60-21)63-37-31(52)24(49)20-59-40(37)64-41(58)47-16-15-42(2,3)17-23(47)22-9-10-27-44(6)13-12-29(62-39-36(57)34(55)32(53)25(19-48)61-39)43(4,5)26(44)11-14-45(27,7)46(22,8)28(50)18-47/h9,21,23-40,48-57H,10-20H2,1-8H3. The van der Waals surface area contributed by atoms with Gasteiger partial charge in [-0.3, -0.25) is 4.79 Å². The molecule has 10 N–H and O–H groups in total. The van der Waals surface area contributed by atoms with Gasteiger partial charge < -0.3 is 79.5 Å². The lowest BCUT2D eigenvalue weighted by molar-refractivity contribution is -0.350. The number of hydrogen-bond donors (Lipinski definition) is 10. The fraction of sp³-hybridized carbons (Fsp3) is 0.936. The highest BCUT2D eigenvalue weighted by Gasteiger charge is 2.72. The predicted molar refractivity (Wildman–Crippen MR) is 224 cm³/mol. The van der Waals surface area contributed by atoms with Gasteiger partial charge >= 0.3 is 5.97 Å². The fourth-order valence-corrected chi connectivity index (χ4v) is 14.8. The molecule has 0 aromatic rings. The summed E-state index contributed by atoms with van der Waals surface area (Å²) >= 11 is 0. The quantitative estimate of drug-likeness (QED) is 0.0960. The molecule has 4 saturated carbocycles. The second-order valence-electron chi connectivity index (χ2n) is 23.1. The third-order valence-corrected chi connectivity index (χ3v) is 18.9. The minimum absolute atomic E-state index is 0.124. The monoisotopic (exact) mass is 913 g/mol. The van der Waals surface area contributed by atoms with Gasteiger partial charge in [0.05, 0.1) is 36.9 Å². The summed E-state index contributed by atoms with van der Waals surface area (Å²) in [7, 11) is 0. The Labute approximate surface area is 376 Å². The van der Waals surface area contributed by atoms with Gasteiger partial charge in [-0.25, -0.2) is 0 Å². The van der Waals surface area contributed by atoms with Crippen molar-refractivity contribution in [3.63, 3.8) is 0 Å². The van der Waals surface area contributed by atoms with Crippen molar-refractivity contribution in [1.82, 2.24) is 0 Å². The molecule has 7 fully saturated rings. The molecule has 3 saturated heterocycles. The Balaban J connectivity index is 1.07. The molecule has 23 unspecified atom stereocenters. The van der Waals surface area contributed by atoms with Gasteiger partial charge in [-0.2, -0.15) is 0 Å². The summed E-state index contributed by atoms with van der Waals surface area (Å²) in [6.07, 6.45) is -13.6. The Hall–Kier alpha value is -1.39. The molecule has 3 aliphatic heterocycles. The highest BCUT2D eigenvalue weighted by atomic mass is 16.8. The van der Waals surface area contributed by atoms with E-state index >= 15 is 4.79 Å². The van der Waals surface area contributed by atoms with Gasteiger partial charge in [0.1, 0.15) is 54.9 Å². The van der Waals surface area contributed by atoms with Crippen molar-refractivity contribution in [2.45, 2.75) is 211 Å². The smallest absolute Gasteiger partial charge is 0.315 e. The van der Waals surface area contributed by atoms with E-state index in [2.05, 4.69) is 54.5 Å². The van der Waals surface area contributed by atoms with Crippen LogP contribution in [0.5, 0.6) is 0 Å². The van der Waals surface area contributed by atoms with Crippen LogP contribution in [0.1, 0.15) is 113 Å². The van der Waals surface area contributed by atoms with Gasteiger partial charge in [0.15, 0.2) is 18.7 Å². The largest absolute Gasteiger partial charge is 0.432 e. The first-order chi connectivity index (χ1) is 29.8. The van der Waals surface area contributed by atoms with Crippen molar-refractivity contribution >= 4 is 5.97 Å². The minimum atomic E-state index is -1.73. The van der Waals surface area contributed by atoms with E-state index in [9.17, 15) is 51.1 Å². The van der Waals surface area contributed by atoms with Gasteiger partial charge in [-0.1, -0.05) is 60.1 Å². The van der Waals surface area contributed by atoms with Gasteiger partial charge in [0.2, 0.25) is 6.29 Å². The molecule has 8 rings (SSSR count). The van der Waals surface area contributed by atoms with E-state index in [1.165, 1.54) is 6.92 Å². The molecule has 0 aromatic carbocycles. The Kier molecular flexibility index (Phi) is 13.0. The van der Waals surface area contributed by atoms with Crippen molar-refractivity contribution in [3.8, 4) is 0 Å². The van der Waals surface area contributed by atoms with Crippen LogP contribution in [0.15, 0.2) is 11.6 Å². The Morgan fingerprint density at radius 3 is 2.05 bits per heavy atom. The minimum Gasteiger partial charge on any atom is -0.432 e. The molecular weight excluding hydrogens is 836 g/mol. The lowest BCUT2D eigenvalue weighted by Gasteiger charge is -2.72. The average molecular weight is 913 g/mol. The molecule has 64 heavy (non-hydrogen) atoms. The zero-order valence-electron chi connectivity index (χ0n) is 38.7. The van der Waals surface area contributed by atoms with E-state index in [-0.39, 0.29) is 53.1 Å². The second-order valence-corrected chi connectivity index (χ2v) is 23.1. The third kappa shape index (κ3) is 7.40. The summed E-state index contributed by atoms with van der Waals surface area (Å²) in [5, 5.41) is 108. The first-order valence-electron chi connectivity index (χ1n) is 23.7. The molecule has 0 amide bonds. The molecule has 17 nitrogen and oxygen atoms in total. The van der Waals surface area contributed by atoms with Crippen LogP contribution in [0.3, 0.4) is 0 Å². The van der Waals surface area contributed by atoms with Crippen LogP contribution < -0.4 is 0 Å². The number of fused-ring (bicyclic) bond motifs is 7. The van der Waals surface area contributed by atoms with Crippen molar-refractivity contribution in [1.29, 1.82) is 0 Å². The van der Waals surface area contributed by atoms with Gasteiger partial charge in [0, 0.05) is 5.41 Å². The Morgan fingerprint density at radius 1 is 0.719 bits per heavy atom. The second kappa shape index (κ2) is 16.9. The van der Waals surface area contributed by atoms with Crippen molar-refractivity contribution in [2.24, 2.45) is 50.2 Å².